The zero-order valence-electron chi connectivity index (χ0n) is 18.0. The molecule has 2 atom stereocenters. The number of aromatic amines is 1. The van der Waals surface area contributed by atoms with Crippen molar-refractivity contribution in [2.75, 3.05) is 13.1 Å². The number of H-pyrrole nitrogens is 1. The molecule has 170 valence electrons. The summed E-state index contributed by atoms with van der Waals surface area (Å²) in [6.07, 6.45) is 11.0. The quantitative estimate of drug-likeness (QED) is 0.634. The highest BCUT2D eigenvalue weighted by molar-refractivity contribution is 6.06. The molecule has 9 nitrogen and oxygen atoms in total. The second-order valence-electron chi connectivity index (χ2n) is 9.43. The lowest BCUT2D eigenvalue weighted by atomic mass is 9.83. The Labute approximate surface area is 186 Å². The number of carboxylic acid groups (broad SMARTS) is 1. The van der Waals surface area contributed by atoms with Gasteiger partial charge in [0.15, 0.2) is 5.65 Å². The molecular weight excluding hydrogens is 410 g/mol. The molecule has 0 bridgehead atoms. The first kappa shape index (κ1) is 20.9. The van der Waals surface area contributed by atoms with Gasteiger partial charge in [0.05, 0.1) is 23.4 Å². The number of fused-ring (bicyclic) bond motifs is 1. The summed E-state index contributed by atoms with van der Waals surface area (Å²) in [5.74, 6) is -1.43. The number of carboxylic acids is 1. The fourth-order valence-corrected chi connectivity index (χ4v) is 5.08. The third kappa shape index (κ3) is 4.08. The van der Waals surface area contributed by atoms with E-state index in [9.17, 15) is 19.5 Å². The van der Waals surface area contributed by atoms with Gasteiger partial charge in [-0.2, -0.15) is 0 Å². The predicted octanol–water partition coefficient (Wildman–Crippen LogP) is 2.45. The van der Waals surface area contributed by atoms with E-state index in [0.29, 0.717) is 35.6 Å². The van der Waals surface area contributed by atoms with E-state index in [1.54, 1.807) is 17.3 Å². The van der Waals surface area contributed by atoms with Crippen LogP contribution in [0.2, 0.25) is 0 Å². The minimum Gasteiger partial charge on any atom is -0.481 e. The van der Waals surface area contributed by atoms with Crippen LogP contribution >= 0.6 is 0 Å². The fourth-order valence-electron chi connectivity index (χ4n) is 5.08. The van der Waals surface area contributed by atoms with E-state index >= 15 is 0 Å². The van der Waals surface area contributed by atoms with Gasteiger partial charge in [0.2, 0.25) is 5.91 Å². The SMILES string of the molecule is O=C(NC(C(=O)N1CCC(C(=O)O)C1)C1CCCCC1)c1c[nH]c2ncc(C3CC3)nc12. The molecule has 0 spiro atoms. The van der Waals surface area contributed by atoms with Gasteiger partial charge >= 0.3 is 5.97 Å². The highest BCUT2D eigenvalue weighted by Crippen LogP contribution is 2.39. The first-order valence-electron chi connectivity index (χ1n) is 11.7. The van der Waals surface area contributed by atoms with Crippen LogP contribution in [0.1, 0.15) is 73.3 Å². The van der Waals surface area contributed by atoms with Gasteiger partial charge in [-0.1, -0.05) is 19.3 Å². The molecule has 9 heteroatoms. The molecule has 1 saturated heterocycles. The Hall–Kier alpha value is -2.97. The van der Waals surface area contributed by atoms with Crippen molar-refractivity contribution in [2.24, 2.45) is 11.8 Å². The average Bonchev–Trinajstić information content (AvgIpc) is 3.37. The third-order valence-corrected chi connectivity index (χ3v) is 7.16. The van der Waals surface area contributed by atoms with Gasteiger partial charge in [0.1, 0.15) is 11.6 Å². The molecule has 2 amide bonds. The van der Waals surface area contributed by atoms with Crippen molar-refractivity contribution in [3.63, 3.8) is 0 Å². The Morgan fingerprint density at radius 1 is 1.12 bits per heavy atom. The van der Waals surface area contributed by atoms with Crippen LogP contribution in [0.5, 0.6) is 0 Å². The highest BCUT2D eigenvalue weighted by atomic mass is 16.4. The molecule has 3 N–H and O–H groups in total. The number of nitrogens with zero attached hydrogens (tertiary/aromatic N) is 3. The number of rotatable bonds is 6. The summed E-state index contributed by atoms with van der Waals surface area (Å²) in [7, 11) is 0. The zero-order chi connectivity index (χ0) is 22.2. The van der Waals surface area contributed by atoms with E-state index in [1.807, 2.05) is 0 Å². The molecule has 32 heavy (non-hydrogen) atoms. The van der Waals surface area contributed by atoms with Crippen molar-refractivity contribution >= 4 is 28.9 Å². The lowest BCUT2D eigenvalue weighted by Gasteiger charge is -2.32. The van der Waals surface area contributed by atoms with Crippen molar-refractivity contribution in [3.05, 3.63) is 23.7 Å². The summed E-state index contributed by atoms with van der Waals surface area (Å²) < 4.78 is 0. The Morgan fingerprint density at radius 3 is 2.59 bits per heavy atom. The maximum Gasteiger partial charge on any atom is 0.308 e. The lowest BCUT2D eigenvalue weighted by Crippen LogP contribution is -2.52. The second kappa shape index (κ2) is 8.52. The minimum absolute atomic E-state index is 0.0578. The van der Waals surface area contributed by atoms with E-state index in [-0.39, 0.29) is 24.3 Å². The van der Waals surface area contributed by atoms with Crippen LogP contribution in [0.4, 0.5) is 0 Å². The Balaban J connectivity index is 1.38. The average molecular weight is 440 g/mol. The lowest BCUT2D eigenvalue weighted by molar-refractivity contribution is -0.141. The van der Waals surface area contributed by atoms with Crippen LogP contribution < -0.4 is 5.32 Å². The number of nitrogens with one attached hydrogen (secondary N) is 2. The number of hydrogen-bond donors (Lipinski definition) is 3. The first-order chi connectivity index (χ1) is 15.5. The second-order valence-corrected chi connectivity index (χ2v) is 9.43. The van der Waals surface area contributed by atoms with Crippen LogP contribution in [0.15, 0.2) is 12.4 Å². The molecule has 5 rings (SSSR count). The predicted molar refractivity (Wildman–Crippen MR) is 116 cm³/mol. The minimum atomic E-state index is -0.873. The smallest absolute Gasteiger partial charge is 0.308 e. The van der Waals surface area contributed by atoms with E-state index in [1.165, 1.54) is 0 Å². The van der Waals surface area contributed by atoms with Crippen LogP contribution in [-0.2, 0) is 9.59 Å². The van der Waals surface area contributed by atoms with Crippen molar-refractivity contribution in [2.45, 2.75) is 63.3 Å². The molecule has 0 radical (unpaired) electrons. The highest BCUT2D eigenvalue weighted by Gasteiger charge is 2.38. The van der Waals surface area contributed by atoms with E-state index in [0.717, 1.165) is 50.6 Å². The summed E-state index contributed by atoms with van der Waals surface area (Å²) in [5.41, 5.74) is 2.40. The van der Waals surface area contributed by atoms with Gasteiger partial charge in [-0.25, -0.2) is 9.97 Å². The van der Waals surface area contributed by atoms with E-state index in [4.69, 9.17) is 0 Å². The van der Waals surface area contributed by atoms with Crippen molar-refractivity contribution in [1.29, 1.82) is 0 Å². The third-order valence-electron chi connectivity index (χ3n) is 7.16. The van der Waals surface area contributed by atoms with Gasteiger partial charge in [0.25, 0.3) is 5.91 Å². The number of carbonyl (C=O) groups excluding carboxylic acids is 2. The standard InChI is InChI=1S/C23H29N5O4/c29-21(16-10-24-20-19(16)26-17(11-25-20)13-6-7-13)27-18(14-4-2-1-3-5-14)22(30)28-9-8-15(12-28)23(31)32/h10-11,13-15,18H,1-9,12H2,(H,24,25)(H,27,29)(H,31,32). The van der Waals surface area contributed by atoms with Gasteiger partial charge in [-0.05, 0) is 38.0 Å². The van der Waals surface area contributed by atoms with Crippen molar-refractivity contribution in [1.82, 2.24) is 25.2 Å². The van der Waals surface area contributed by atoms with Gasteiger partial charge < -0.3 is 20.3 Å². The van der Waals surface area contributed by atoms with Gasteiger partial charge in [-0.15, -0.1) is 0 Å². The normalized spacial score (nSPS) is 22.8. The molecule has 2 unspecified atom stereocenters. The molecule has 0 aromatic carbocycles. The maximum absolute atomic E-state index is 13.4. The molecule has 3 fully saturated rings. The van der Waals surface area contributed by atoms with E-state index < -0.39 is 17.9 Å². The molecule has 1 aliphatic heterocycles. The number of amides is 2. The number of aliphatic carboxylic acids is 1. The summed E-state index contributed by atoms with van der Waals surface area (Å²) in [6.45, 7) is 0.620. The molecule has 2 aromatic heterocycles. The number of hydrogen-bond acceptors (Lipinski definition) is 5. The fraction of sp³-hybridized carbons (Fsp3) is 0.609. The maximum atomic E-state index is 13.4. The molecular formula is C23H29N5O4. The molecule has 2 aromatic rings. The molecule has 2 saturated carbocycles. The van der Waals surface area contributed by atoms with Crippen molar-refractivity contribution < 1.29 is 19.5 Å². The Bertz CT molecular complexity index is 1040. The summed E-state index contributed by atoms with van der Waals surface area (Å²) in [5, 5.41) is 12.3. The van der Waals surface area contributed by atoms with Crippen LogP contribution in [0.3, 0.4) is 0 Å². The number of likely N-dealkylation sites (tertiary alicyclic amines) is 1. The largest absolute Gasteiger partial charge is 0.481 e. The zero-order valence-corrected chi connectivity index (χ0v) is 18.0. The van der Waals surface area contributed by atoms with Crippen LogP contribution in [0, 0.1) is 11.8 Å². The van der Waals surface area contributed by atoms with Gasteiger partial charge in [-0.3, -0.25) is 14.4 Å². The summed E-state index contributed by atoms with van der Waals surface area (Å²) in [6, 6.07) is -0.653. The number of carbonyl (C=O) groups is 3. The Kier molecular flexibility index (Phi) is 5.57. The molecule has 2 aliphatic carbocycles. The topological polar surface area (TPSA) is 128 Å². The van der Waals surface area contributed by atoms with Crippen LogP contribution in [-0.4, -0.2) is 61.9 Å². The van der Waals surface area contributed by atoms with Crippen molar-refractivity contribution in [3.8, 4) is 0 Å². The van der Waals surface area contributed by atoms with E-state index in [2.05, 4.69) is 20.3 Å². The first-order valence-corrected chi connectivity index (χ1v) is 11.7. The monoisotopic (exact) mass is 439 g/mol. The summed E-state index contributed by atoms with van der Waals surface area (Å²) >= 11 is 0. The summed E-state index contributed by atoms with van der Waals surface area (Å²) in [4.78, 5) is 51.8. The Morgan fingerprint density at radius 2 is 1.91 bits per heavy atom. The number of aromatic nitrogens is 3. The van der Waals surface area contributed by atoms with Gasteiger partial charge in [0, 0.05) is 25.2 Å². The van der Waals surface area contributed by atoms with Crippen LogP contribution in [0.25, 0.3) is 11.2 Å². The molecule has 3 heterocycles. The molecule has 3 aliphatic rings.